The van der Waals surface area contributed by atoms with Crippen LogP contribution in [-0.4, -0.2) is 34.9 Å². The number of hydrogen-bond donors (Lipinski definition) is 0. The molecule has 0 radical (unpaired) electrons. The monoisotopic (exact) mass is 284 g/mol. The fourth-order valence-corrected chi connectivity index (χ4v) is 2.80. The summed E-state index contributed by atoms with van der Waals surface area (Å²) in [5.41, 5.74) is 1.61. The Morgan fingerprint density at radius 1 is 1.00 bits per heavy atom. The first kappa shape index (κ1) is 13.7. The highest BCUT2D eigenvalue weighted by molar-refractivity contribution is 6.22. The van der Waals surface area contributed by atoms with Crippen molar-refractivity contribution in [1.29, 1.82) is 0 Å². The van der Waals surface area contributed by atoms with Crippen LogP contribution in [-0.2, 0) is 4.79 Å². The maximum Gasteiger partial charge on any atom is 0.265 e. The van der Waals surface area contributed by atoms with Gasteiger partial charge in [0.2, 0.25) is 0 Å². The maximum absolute atomic E-state index is 12.1. The highest BCUT2D eigenvalue weighted by atomic mass is 16.2. The lowest BCUT2D eigenvalue weighted by atomic mass is 9.98. The molecule has 5 heteroatoms. The van der Waals surface area contributed by atoms with Crippen LogP contribution in [0.2, 0.25) is 0 Å². The van der Waals surface area contributed by atoms with Crippen molar-refractivity contribution in [1.82, 2.24) is 4.90 Å². The Bertz CT molecular complexity index is 606. The predicted molar refractivity (Wildman–Crippen MR) is 77.3 cm³/mol. The van der Waals surface area contributed by atoms with E-state index in [2.05, 4.69) is 4.99 Å². The number of hydrogen-bond acceptors (Lipinski definition) is 3. The van der Waals surface area contributed by atoms with E-state index < -0.39 is 17.7 Å². The number of amides is 3. The van der Waals surface area contributed by atoms with Crippen LogP contribution in [0.1, 0.15) is 52.8 Å². The van der Waals surface area contributed by atoms with E-state index in [1.807, 2.05) is 0 Å². The highest BCUT2D eigenvalue weighted by Gasteiger charge is 2.36. The molecule has 1 aliphatic heterocycles. The Hall–Kier alpha value is -2.30. The lowest BCUT2D eigenvalue weighted by Gasteiger charge is -2.14. The lowest BCUT2D eigenvalue weighted by Crippen LogP contribution is -2.34. The second kappa shape index (κ2) is 5.60. The molecule has 3 amide bonds. The second-order valence-corrected chi connectivity index (χ2v) is 5.37. The Balaban J connectivity index is 1.73. The van der Waals surface area contributed by atoms with Crippen molar-refractivity contribution in [3.05, 3.63) is 35.4 Å². The van der Waals surface area contributed by atoms with E-state index in [4.69, 9.17) is 0 Å². The SMILES string of the molecule is O=C(CN1C(=O)c2ccccc2C1=O)N=C1CCCCC1. The van der Waals surface area contributed by atoms with Crippen LogP contribution < -0.4 is 0 Å². The van der Waals surface area contributed by atoms with Crippen LogP contribution in [0.4, 0.5) is 0 Å². The van der Waals surface area contributed by atoms with Crippen LogP contribution >= 0.6 is 0 Å². The first-order chi connectivity index (χ1) is 10.2. The van der Waals surface area contributed by atoms with Gasteiger partial charge in [-0.15, -0.1) is 0 Å². The molecule has 1 fully saturated rings. The van der Waals surface area contributed by atoms with Crippen LogP contribution in [0.15, 0.2) is 29.3 Å². The minimum Gasteiger partial charge on any atom is -0.271 e. The molecule has 1 aromatic rings. The molecule has 0 unspecified atom stereocenters. The van der Waals surface area contributed by atoms with Gasteiger partial charge in [-0.1, -0.05) is 18.6 Å². The van der Waals surface area contributed by atoms with Crippen molar-refractivity contribution in [2.45, 2.75) is 32.1 Å². The van der Waals surface area contributed by atoms with Crippen molar-refractivity contribution >= 4 is 23.4 Å². The Labute approximate surface area is 122 Å². The van der Waals surface area contributed by atoms with Gasteiger partial charge in [0.1, 0.15) is 6.54 Å². The number of nitrogens with zero attached hydrogens (tertiary/aromatic N) is 2. The summed E-state index contributed by atoms with van der Waals surface area (Å²) in [6, 6.07) is 6.62. The summed E-state index contributed by atoms with van der Waals surface area (Å²) >= 11 is 0. The van der Waals surface area contributed by atoms with Crippen molar-refractivity contribution in [3.63, 3.8) is 0 Å². The Morgan fingerprint density at radius 2 is 1.57 bits per heavy atom. The summed E-state index contributed by atoms with van der Waals surface area (Å²) in [7, 11) is 0. The zero-order chi connectivity index (χ0) is 14.8. The second-order valence-electron chi connectivity index (χ2n) is 5.37. The van der Waals surface area contributed by atoms with Gasteiger partial charge in [-0.3, -0.25) is 19.3 Å². The molecule has 1 aliphatic carbocycles. The first-order valence-electron chi connectivity index (χ1n) is 7.21. The summed E-state index contributed by atoms with van der Waals surface area (Å²) in [6.07, 6.45) is 4.96. The fourth-order valence-electron chi connectivity index (χ4n) is 2.80. The summed E-state index contributed by atoms with van der Waals surface area (Å²) in [6.45, 7) is -0.268. The third-order valence-electron chi connectivity index (χ3n) is 3.89. The molecule has 1 heterocycles. The molecule has 0 N–H and O–H groups in total. The van der Waals surface area contributed by atoms with Crippen LogP contribution in [0.3, 0.4) is 0 Å². The van der Waals surface area contributed by atoms with E-state index in [1.165, 1.54) is 6.42 Å². The van der Waals surface area contributed by atoms with Gasteiger partial charge in [0, 0.05) is 5.71 Å². The van der Waals surface area contributed by atoms with Crippen molar-refractivity contribution in [2.75, 3.05) is 6.54 Å². The number of aliphatic imine (C=N–C) groups is 1. The average Bonchev–Trinajstić information content (AvgIpc) is 2.74. The summed E-state index contributed by atoms with van der Waals surface area (Å²) in [5.74, 6) is -1.23. The van der Waals surface area contributed by atoms with E-state index in [0.717, 1.165) is 36.3 Å². The fraction of sp³-hybridized carbons (Fsp3) is 0.375. The van der Waals surface area contributed by atoms with Crippen LogP contribution in [0.5, 0.6) is 0 Å². The molecule has 5 nitrogen and oxygen atoms in total. The molecular formula is C16H16N2O3. The van der Waals surface area contributed by atoms with Crippen molar-refractivity contribution in [2.24, 2.45) is 4.99 Å². The molecule has 0 atom stereocenters. The molecule has 0 aromatic heterocycles. The Kier molecular flexibility index (Phi) is 3.64. The average molecular weight is 284 g/mol. The molecule has 1 saturated carbocycles. The van der Waals surface area contributed by atoms with Gasteiger partial charge in [0.05, 0.1) is 11.1 Å². The Morgan fingerprint density at radius 3 is 2.14 bits per heavy atom. The van der Waals surface area contributed by atoms with Gasteiger partial charge in [-0.05, 0) is 37.8 Å². The normalized spacial score (nSPS) is 17.9. The molecule has 0 saturated heterocycles. The van der Waals surface area contributed by atoms with E-state index in [0.29, 0.717) is 11.1 Å². The largest absolute Gasteiger partial charge is 0.271 e. The number of carbonyl (C=O) groups is 3. The summed E-state index contributed by atoms with van der Waals surface area (Å²) < 4.78 is 0. The van der Waals surface area contributed by atoms with Gasteiger partial charge in [-0.25, -0.2) is 4.99 Å². The minimum atomic E-state index is -0.415. The van der Waals surface area contributed by atoms with E-state index in [-0.39, 0.29) is 6.54 Å². The smallest absolute Gasteiger partial charge is 0.265 e. The number of benzene rings is 1. The topological polar surface area (TPSA) is 66.8 Å². The molecule has 1 aromatic carbocycles. The molecule has 0 spiro atoms. The van der Waals surface area contributed by atoms with Gasteiger partial charge in [0.15, 0.2) is 0 Å². The summed E-state index contributed by atoms with van der Waals surface area (Å²) in [5, 5.41) is 0. The zero-order valence-electron chi connectivity index (χ0n) is 11.7. The highest BCUT2D eigenvalue weighted by Crippen LogP contribution is 2.22. The quantitative estimate of drug-likeness (QED) is 0.782. The molecule has 2 aliphatic rings. The zero-order valence-corrected chi connectivity index (χ0v) is 11.7. The van der Waals surface area contributed by atoms with E-state index in [1.54, 1.807) is 24.3 Å². The predicted octanol–water partition coefficient (Wildman–Crippen LogP) is 2.21. The van der Waals surface area contributed by atoms with Gasteiger partial charge in [-0.2, -0.15) is 0 Å². The molecule has 21 heavy (non-hydrogen) atoms. The van der Waals surface area contributed by atoms with Crippen LogP contribution in [0.25, 0.3) is 0 Å². The lowest BCUT2D eigenvalue weighted by molar-refractivity contribution is -0.118. The maximum atomic E-state index is 12.1. The van der Waals surface area contributed by atoms with Crippen molar-refractivity contribution < 1.29 is 14.4 Å². The first-order valence-corrected chi connectivity index (χ1v) is 7.21. The summed E-state index contributed by atoms with van der Waals surface area (Å²) in [4.78, 5) is 41.3. The van der Waals surface area contributed by atoms with E-state index >= 15 is 0 Å². The van der Waals surface area contributed by atoms with Gasteiger partial charge >= 0.3 is 0 Å². The molecule has 108 valence electrons. The third-order valence-corrected chi connectivity index (χ3v) is 3.89. The number of rotatable bonds is 2. The standard InChI is InChI=1S/C16H16N2O3/c19-14(17-11-6-2-1-3-7-11)10-18-15(20)12-8-4-5-9-13(12)16(18)21/h4-5,8-9H,1-3,6-7,10H2. The van der Waals surface area contributed by atoms with Crippen molar-refractivity contribution in [3.8, 4) is 0 Å². The molecule has 0 bridgehead atoms. The van der Waals surface area contributed by atoms with Gasteiger partial charge in [0.25, 0.3) is 17.7 Å². The van der Waals surface area contributed by atoms with E-state index in [9.17, 15) is 14.4 Å². The molecule has 3 rings (SSSR count). The third kappa shape index (κ3) is 2.63. The number of fused-ring (bicyclic) bond motifs is 1. The number of imide groups is 1. The molecular weight excluding hydrogens is 268 g/mol. The van der Waals surface area contributed by atoms with Gasteiger partial charge < -0.3 is 0 Å². The minimum absolute atomic E-state index is 0.268. The number of carbonyl (C=O) groups excluding carboxylic acids is 3. The van der Waals surface area contributed by atoms with Crippen LogP contribution in [0, 0.1) is 0 Å².